The predicted molar refractivity (Wildman–Crippen MR) is 113 cm³/mol. The molecule has 148 valence electrons. The Morgan fingerprint density at radius 3 is 2.69 bits per heavy atom. The Balaban J connectivity index is 1.41. The van der Waals surface area contributed by atoms with Crippen LogP contribution in [-0.2, 0) is 0 Å². The fourth-order valence-corrected chi connectivity index (χ4v) is 4.79. The smallest absolute Gasteiger partial charge is 0.256 e. The van der Waals surface area contributed by atoms with E-state index in [-0.39, 0.29) is 18.0 Å². The van der Waals surface area contributed by atoms with Crippen LogP contribution in [0.2, 0.25) is 0 Å². The maximum absolute atomic E-state index is 13.6. The molecule has 3 atom stereocenters. The molecule has 2 aromatic heterocycles. The predicted octanol–water partition coefficient (Wildman–Crippen LogP) is 3.53. The van der Waals surface area contributed by atoms with Crippen LogP contribution in [0.4, 0.5) is 5.82 Å². The number of para-hydroxylation sites is 1. The average Bonchev–Trinajstić information content (AvgIpc) is 3.30. The van der Waals surface area contributed by atoms with Crippen molar-refractivity contribution in [3.8, 4) is 5.69 Å². The molecule has 1 saturated carbocycles. The van der Waals surface area contributed by atoms with Crippen LogP contribution in [0, 0.1) is 5.92 Å². The molecular weight excluding hydrogens is 432 g/mol. The second-order valence-corrected chi connectivity index (χ2v) is 8.57. The maximum atomic E-state index is 13.6. The van der Waals surface area contributed by atoms with E-state index in [1.807, 2.05) is 41.3 Å². The second-order valence-electron chi connectivity index (χ2n) is 7.65. The summed E-state index contributed by atoms with van der Waals surface area (Å²) in [6.07, 6.45) is 8.27. The number of hydrogen-bond donors (Lipinski definition) is 1. The lowest BCUT2D eigenvalue weighted by molar-refractivity contribution is 0.0281. The first kappa shape index (κ1) is 18.3. The highest BCUT2D eigenvalue weighted by Gasteiger charge is 2.43. The van der Waals surface area contributed by atoms with Gasteiger partial charge in [-0.2, -0.15) is 15.0 Å². The van der Waals surface area contributed by atoms with Gasteiger partial charge in [0, 0.05) is 23.3 Å². The lowest BCUT2D eigenvalue weighted by Gasteiger charge is -2.50. The maximum Gasteiger partial charge on any atom is 0.256 e. The van der Waals surface area contributed by atoms with Crippen molar-refractivity contribution in [1.29, 1.82) is 0 Å². The molecule has 4 heterocycles. The van der Waals surface area contributed by atoms with Gasteiger partial charge in [0.25, 0.3) is 5.91 Å². The third kappa shape index (κ3) is 3.53. The van der Waals surface area contributed by atoms with Crippen LogP contribution in [0.1, 0.15) is 29.6 Å². The number of anilines is 1. The number of piperidine rings is 2. The zero-order valence-electron chi connectivity index (χ0n) is 15.8. The van der Waals surface area contributed by atoms with E-state index in [4.69, 9.17) is 0 Å². The van der Waals surface area contributed by atoms with Crippen LogP contribution in [-0.4, -0.2) is 49.4 Å². The fourth-order valence-electron chi connectivity index (χ4n) is 4.56. The fraction of sp³-hybridized carbons (Fsp3) is 0.333. The standard InChI is InChI=1S/C21H21BrN6O/c22-15-6-8-20(23-12-15)26-17-11-14-5-7-19(17)27(13-14)21(29)16-3-1-2-4-18(16)28-24-9-10-25-28/h1-4,6,8-10,12,14,17,19H,5,7,11,13H2,(H,23,26)/t14?,17-,19+/m1/s1. The highest BCUT2D eigenvalue weighted by Crippen LogP contribution is 2.37. The Kier molecular flexibility index (Phi) is 4.79. The van der Waals surface area contributed by atoms with Gasteiger partial charge >= 0.3 is 0 Å². The van der Waals surface area contributed by atoms with Crippen LogP contribution in [0.15, 0.2) is 59.5 Å². The number of carbonyl (C=O) groups is 1. The number of pyridine rings is 1. The van der Waals surface area contributed by atoms with Crippen molar-refractivity contribution in [3.63, 3.8) is 0 Å². The molecule has 2 aliphatic heterocycles. The number of benzene rings is 1. The van der Waals surface area contributed by atoms with Gasteiger partial charge in [-0.3, -0.25) is 4.79 Å². The summed E-state index contributed by atoms with van der Waals surface area (Å²) in [6.45, 7) is 0.802. The van der Waals surface area contributed by atoms with Gasteiger partial charge in [0.1, 0.15) is 5.82 Å². The van der Waals surface area contributed by atoms with Gasteiger partial charge in [-0.25, -0.2) is 4.98 Å². The molecule has 3 aromatic rings. The van der Waals surface area contributed by atoms with Crippen molar-refractivity contribution < 1.29 is 4.79 Å². The summed E-state index contributed by atoms with van der Waals surface area (Å²) in [7, 11) is 0. The monoisotopic (exact) mass is 452 g/mol. The van der Waals surface area contributed by atoms with E-state index in [0.717, 1.165) is 29.7 Å². The third-order valence-corrected chi connectivity index (χ3v) is 6.34. The second kappa shape index (κ2) is 7.59. The molecule has 29 heavy (non-hydrogen) atoms. The van der Waals surface area contributed by atoms with Crippen LogP contribution in [0.3, 0.4) is 0 Å². The molecule has 1 unspecified atom stereocenters. The van der Waals surface area contributed by atoms with Gasteiger partial charge in [0.05, 0.1) is 29.7 Å². The number of aromatic nitrogens is 4. The highest BCUT2D eigenvalue weighted by atomic mass is 79.9. The SMILES string of the molecule is O=C(c1ccccc1-n1nccn1)N1CC2CC[C@H]1[C@H](Nc1ccc(Br)cn1)C2. The van der Waals surface area contributed by atoms with E-state index in [9.17, 15) is 4.79 Å². The minimum Gasteiger partial charge on any atom is -0.365 e. The van der Waals surface area contributed by atoms with Crippen molar-refractivity contribution in [3.05, 3.63) is 65.0 Å². The van der Waals surface area contributed by atoms with Crippen molar-refractivity contribution in [2.24, 2.45) is 5.92 Å². The van der Waals surface area contributed by atoms with Crippen LogP contribution >= 0.6 is 15.9 Å². The minimum absolute atomic E-state index is 0.0443. The number of halogens is 1. The van der Waals surface area contributed by atoms with E-state index in [1.165, 1.54) is 11.2 Å². The number of carbonyl (C=O) groups excluding carboxylic acids is 1. The molecule has 0 radical (unpaired) electrons. The van der Waals surface area contributed by atoms with Crippen LogP contribution in [0.25, 0.3) is 5.69 Å². The molecule has 2 bridgehead atoms. The Hall–Kier alpha value is -2.74. The molecule has 1 N–H and O–H groups in total. The molecule has 1 amide bonds. The first-order valence-corrected chi connectivity index (χ1v) is 10.6. The third-order valence-electron chi connectivity index (χ3n) is 5.87. The lowest BCUT2D eigenvalue weighted by atomic mass is 9.76. The van der Waals surface area contributed by atoms with Crippen LogP contribution in [0.5, 0.6) is 0 Å². The molecule has 7 nitrogen and oxygen atoms in total. The summed E-state index contributed by atoms with van der Waals surface area (Å²) in [4.78, 5) is 21.6. The van der Waals surface area contributed by atoms with Gasteiger partial charge < -0.3 is 10.2 Å². The largest absolute Gasteiger partial charge is 0.365 e. The zero-order valence-corrected chi connectivity index (χ0v) is 17.4. The molecule has 1 aromatic carbocycles. The first-order valence-electron chi connectivity index (χ1n) is 9.84. The number of fused-ring (bicyclic) bond motifs is 3. The van der Waals surface area contributed by atoms with Gasteiger partial charge in [-0.1, -0.05) is 12.1 Å². The highest BCUT2D eigenvalue weighted by molar-refractivity contribution is 9.10. The Labute approximate surface area is 177 Å². The van der Waals surface area contributed by atoms with Gasteiger partial charge in [-0.05, 0) is 65.4 Å². The summed E-state index contributed by atoms with van der Waals surface area (Å²) in [5.41, 5.74) is 1.35. The van der Waals surface area contributed by atoms with E-state index in [2.05, 4.69) is 36.4 Å². The topological polar surface area (TPSA) is 75.9 Å². The van der Waals surface area contributed by atoms with E-state index >= 15 is 0 Å². The summed E-state index contributed by atoms with van der Waals surface area (Å²) < 4.78 is 0.953. The molecule has 1 aliphatic carbocycles. The Morgan fingerprint density at radius 1 is 1.10 bits per heavy atom. The summed E-state index contributed by atoms with van der Waals surface area (Å²) >= 11 is 3.43. The van der Waals surface area contributed by atoms with Crippen LogP contribution < -0.4 is 5.32 Å². The quantitative estimate of drug-likeness (QED) is 0.654. The normalized spacial score (nSPS) is 23.2. The Morgan fingerprint density at radius 2 is 1.93 bits per heavy atom. The van der Waals surface area contributed by atoms with Crippen molar-refractivity contribution in [2.75, 3.05) is 11.9 Å². The van der Waals surface area contributed by atoms with E-state index in [1.54, 1.807) is 18.6 Å². The number of amides is 1. The zero-order chi connectivity index (χ0) is 19.8. The van der Waals surface area contributed by atoms with Gasteiger partial charge in [-0.15, -0.1) is 0 Å². The summed E-state index contributed by atoms with van der Waals surface area (Å²) in [5, 5.41) is 12.0. The van der Waals surface area contributed by atoms with Gasteiger partial charge in [0.2, 0.25) is 0 Å². The molecular formula is C21H21BrN6O. The molecule has 6 rings (SSSR count). The van der Waals surface area contributed by atoms with Crippen molar-refractivity contribution in [2.45, 2.75) is 31.3 Å². The average molecular weight is 453 g/mol. The number of hydrogen-bond acceptors (Lipinski definition) is 5. The molecule has 2 saturated heterocycles. The molecule has 0 spiro atoms. The van der Waals surface area contributed by atoms with E-state index in [0.29, 0.717) is 17.2 Å². The van der Waals surface area contributed by atoms with E-state index < -0.39 is 0 Å². The first-order chi connectivity index (χ1) is 14.2. The lowest BCUT2D eigenvalue weighted by Crippen LogP contribution is -2.59. The molecule has 3 aliphatic rings. The number of nitrogens with zero attached hydrogens (tertiary/aromatic N) is 5. The minimum atomic E-state index is 0.0443. The number of nitrogens with one attached hydrogen (secondary N) is 1. The molecule has 3 fully saturated rings. The molecule has 8 heteroatoms. The van der Waals surface area contributed by atoms with Crippen molar-refractivity contribution >= 4 is 27.7 Å². The van der Waals surface area contributed by atoms with Gasteiger partial charge in [0.15, 0.2) is 0 Å². The summed E-state index contributed by atoms with van der Waals surface area (Å²) in [6, 6.07) is 11.8. The summed E-state index contributed by atoms with van der Waals surface area (Å²) in [5.74, 6) is 1.40. The number of rotatable bonds is 4. The Bertz CT molecular complexity index is 1010. The van der Waals surface area contributed by atoms with Crippen molar-refractivity contribution in [1.82, 2.24) is 24.9 Å².